The standard InChI is InChI=1S/C22H18ClFN8O/c1-11-10-30(19-15(9-25)12(2)27-22(26)28-19)17(11)20-29-31-8-7-16(23)18(31)21(33)32(20)14-5-3-13(24)4-6-14/h3-8,11,17H,10H2,1-2H3,(H2,26,27,28)/t11-,17?/m0/s1. The number of nitrogen functional groups attached to an aromatic ring is 1. The molecule has 0 bridgehead atoms. The monoisotopic (exact) mass is 464 g/mol. The summed E-state index contributed by atoms with van der Waals surface area (Å²) in [5.74, 6) is 0.485. The van der Waals surface area contributed by atoms with Gasteiger partial charge in [0.2, 0.25) is 5.95 Å². The van der Waals surface area contributed by atoms with Crippen LogP contribution >= 0.6 is 11.6 Å². The number of nitrogens with zero attached hydrogens (tertiary/aromatic N) is 7. The summed E-state index contributed by atoms with van der Waals surface area (Å²) in [6, 6.07) is 8.91. The second kappa shape index (κ2) is 7.56. The number of fused-ring (bicyclic) bond motifs is 1. The Hall–Kier alpha value is -3.97. The summed E-state index contributed by atoms with van der Waals surface area (Å²) in [7, 11) is 0. The van der Waals surface area contributed by atoms with Crippen molar-refractivity contribution in [3.63, 3.8) is 0 Å². The van der Waals surface area contributed by atoms with Gasteiger partial charge in [-0.1, -0.05) is 18.5 Å². The minimum atomic E-state index is -0.424. The van der Waals surface area contributed by atoms with Gasteiger partial charge in [-0.15, -0.1) is 0 Å². The Labute approximate surface area is 192 Å². The molecule has 0 amide bonds. The van der Waals surface area contributed by atoms with Crippen LogP contribution in [0.3, 0.4) is 0 Å². The van der Waals surface area contributed by atoms with Crippen LogP contribution in [0, 0.1) is 30.0 Å². The van der Waals surface area contributed by atoms with E-state index >= 15 is 0 Å². The SMILES string of the molecule is Cc1nc(N)nc(N2C[C@H](C)C2c2nn3ccc(Cl)c3c(=O)n2-c2ccc(F)cc2)c1C#N. The van der Waals surface area contributed by atoms with Gasteiger partial charge in [-0.25, -0.2) is 13.9 Å². The van der Waals surface area contributed by atoms with Crippen molar-refractivity contribution in [2.75, 3.05) is 17.2 Å². The zero-order valence-corrected chi connectivity index (χ0v) is 18.5. The molecule has 166 valence electrons. The highest BCUT2D eigenvalue weighted by atomic mass is 35.5. The highest BCUT2D eigenvalue weighted by Crippen LogP contribution is 2.42. The Morgan fingerprint density at radius 2 is 1.97 bits per heavy atom. The number of anilines is 2. The van der Waals surface area contributed by atoms with Gasteiger partial charge in [-0.05, 0) is 37.3 Å². The summed E-state index contributed by atoms with van der Waals surface area (Å²) in [5, 5.41) is 14.7. The van der Waals surface area contributed by atoms with Crippen molar-refractivity contribution in [3.05, 3.63) is 74.8 Å². The molecule has 1 aliphatic rings. The lowest BCUT2D eigenvalue weighted by Gasteiger charge is -2.47. The van der Waals surface area contributed by atoms with Crippen molar-refractivity contribution in [1.82, 2.24) is 24.1 Å². The van der Waals surface area contributed by atoms with Crippen LogP contribution in [0.15, 0.2) is 41.3 Å². The summed E-state index contributed by atoms with van der Waals surface area (Å²) in [6.45, 7) is 4.27. The van der Waals surface area contributed by atoms with Gasteiger partial charge >= 0.3 is 0 Å². The van der Waals surface area contributed by atoms with Crippen molar-refractivity contribution < 1.29 is 4.39 Å². The van der Waals surface area contributed by atoms with Gasteiger partial charge in [-0.2, -0.15) is 15.3 Å². The summed E-state index contributed by atoms with van der Waals surface area (Å²) in [4.78, 5) is 23.8. The van der Waals surface area contributed by atoms with E-state index in [-0.39, 0.29) is 28.0 Å². The third kappa shape index (κ3) is 3.20. The highest BCUT2D eigenvalue weighted by Gasteiger charge is 2.43. The Morgan fingerprint density at radius 3 is 2.64 bits per heavy atom. The minimum Gasteiger partial charge on any atom is -0.368 e. The van der Waals surface area contributed by atoms with Gasteiger partial charge in [0.25, 0.3) is 5.56 Å². The Balaban J connectivity index is 1.76. The summed E-state index contributed by atoms with van der Waals surface area (Å²) in [6.07, 6.45) is 1.61. The molecule has 11 heteroatoms. The van der Waals surface area contributed by atoms with Crippen molar-refractivity contribution in [3.8, 4) is 11.8 Å². The maximum absolute atomic E-state index is 13.6. The molecule has 1 aromatic carbocycles. The molecule has 0 aliphatic carbocycles. The first kappa shape index (κ1) is 20.9. The van der Waals surface area contributed by atoms with Crippen molar-refractivity contribution in [2.24, 2.45) is 5.92 Å². The van der Waals surface area contributed by atoms with Crippen LogP contribution in [0.2, 0.25) is 5.02 Å². The molecule has 2 N–H and O–H groups in total. The van der Waals surface area contributed by atoms with E-state index in [0.717, 1.165) is 0 Å². The van der Waals surface area contributed by atoms with E-state index in [4.69, 9.17) is 22.4 Å². The quantitative estimate of drug-likeness (QED) is 0.495. The van der Waals surface area contributed by atoms with E-state index in [1.165, 1.54) is 33.3 Å². The molecule has 33 heavy (non-hydrogen) atoms. The van der Waals surface area contributed by atoms with E-state index < -0.39 is 11.9 Å². The third-order valence-electron chi connectivity index (χ3n) is 5.84. The largest absolute Gasteiger partial charge is 0.368 e. The number of aryl methyl sites for hydroxylation is 1. The molecule has 1 aliphatic heterocycles. The molecule has 0 spiro atoms. The number of hydrogen-bond acceptors (Lipinski definition) is 7. The smallest absolute Gasteiger partial charge is 0.284 e. The average molecular weight is 465 g/mol. The minimum absolute atomic E-state index is 0.0522. The lowest BCUT2D eigenvalue weighted by molar-refractivity contribution is 0.300. The molecule has 2 atom stereocenters. The molecule has 1 saturated heterocycles. The molecule has 5 rings (SSSR count). The molecule has 0 radical (unpaired) electrons. The fraction of sp³-hybridized carbons (Fsp3) is 0.227. The maximum Gasteiger partial charge on any atom is 0.284 e. The first-order valence-electron chi connectivity index (χ1n) is 10.2. The van der Waals surface area contributed by atoms with E-state index in [9.17, 15) is 14.4 Å². The van der Waals surface area contributed by atoms with Crippen LogP contribution in [0.5, 0.6) is 0 Å². The normalized spacial score (nSPS) is 17.7. The Morgan fingerprint density at radius 1 is 1.24 bits per heavy atom. The van der Waals surface area contributed by atoms with E-state index in [0.29, 0.717) is 35.1 Å². The molecule has 0 saturated carbocycles. The number of nitriles is 1. The number of halogens is 2. The lowest BCUT2D eigenvalue weighted by Crippen LogP contribution is -2.52. The zero-order chi connectivity index (χ0) is 23.4. The van der Waals surface area contributed by atoms with Gasteiger partial charge in [0, 0.05) is 18.7 Å². The molecular formula is C22H18ClFN8O. The van der Waals surface area contributed by atoms with Crippen LogP contribution in [-0.4, -0.2) is 30.7 Å². The van der Waals surface area contributed by atoms with Crippen molar-refractivity contribution in [2.45, 2.75) is 19.9 Å². The molecule has 1 fully saturated rings. The molecule has 4 heterocycles. The van der Waals surface area contributed by atoms with Crippen LogP contribution in [0.25, 0.3) is 11.2 Å². The topological polar surface area (TPSA) is 118 Å². The average Bonchev–Trinajstić information content (AvgIpc) is 3.13. The number of rotatable bonds is 3. The summed E-state index contributed by atoms with van der Waals surface area (Å²) >= 11 is 6.26. The zero-order valence-electron chi connectivity index (χ0n) is 17.7. The number of hydrogen-bond donors (Lipinski definition) is 1. The number of aromatic nitrogens is 5. The summed E-state index contributed by atoms with van der Waals surface area (Å²) in [5.41, 5.74) is 6.91. The summed E-state index contributed by atoms with van der Waals surface area (Å²) < 4.78 is 16.5. The molecule has 4 aromatic rings. The van der Waals surface area contributed by atoms with E-state index in [2.05, 4.69) is 16.0 Å². The lowest BCUT2D eigenvalue weighted by atomic mass is 9.88. The maximum atomic E-state index is 13.6. The first-order chi connectivity index (χ1) is 15.8. The predicted octanol–water partition coefficient (Wildman–Crippen LogP) is 3.03. The van der Waals surface area contributed by atoms with Crippen LogP contribution in [0.1, 0.15) is 30.0 Å². The van der Waals surface area contributed by atoms with Gasteiger partial charge in [0.15, 0.2) is 11.6 Å². The number of benzene rings is 1. The van der Waals surface area contributed by atoms with E-state index in [1.54, 1.807) is 19.2 Å². The van der Waals surface area contributed by atoms with Gasteiger partial charge < -0.3 is 10.6 Å². The number of nitrogens with two attached hydrogens (primary N) is 1. The van der Waals surface area contributed by atoms with Crippen LogP contribution in [0.4, 0.5) is 16.2 Å². The third-order valence-corrected chi connectivity index (χ3v) is 6.15. The fourth-order valence-corrected chi connectivity index (χ4v) is 4.52. The predicted molar refractivity (Wildman–Crippen MR) is 121 cm³/mol. The van der Waals surface area contributed by atoms with Crippen molar-refractivity contribution in [1.29, 1.82) is 5.26 Å². The van der Waals surface area contributed by atoms with Gasteiger partial charge in [0.05, 0.1) is 22.4 Å². The van der Waals surface area contributed by atoms with Crippen LogP contribution < -0.4 is 16.2 Å². The fourth-order valence-electron chi connectivity index (χ4n) is 4.30. The van der Waals surface area contributed by atoms with Gasteiger partial charge in [-0.3, -0.25) is 9.36 Å². The first-order valence-corrected chi connectivity index (χ1v) is 10.5. The molecule has 1 unspecified atom stereocenters. The van der Waals surface area contributed by atoms with Gasteiger partial charge in [0.1, 0.15) is 23.0 Å². The molecular weight excluding hydrogens is 447 g/mol. The van der Waals surface area contributed by atoms with Crippen molar-refractivity contribution >= 4 is 28.9 Å². The second-order valence-corrected chi connectivity index (χ2v) is 8.39. The second-order valence-electron chi connectivity index (χ2n) is 7.98. The van der Waals surface area contributed by atoms with Crippen LogP contribution in [-0.2, 0) is 0 Å². The molecule has 9 nitrogen and oxygen atoms in total. The Bertz CT molecular complexity index is 1500. The van der Waals surface area contributed by atoms with E-state index in [1.807, 2.05) is 11.8 Å². The molecule has 3 aromatic heterocycles. The Kier molecular flexibility index (Phi) is 4.79. The highest BCUT2D eigenvalue weighted by molar-refractivity contribution is 6.33.